The summed E-state index contributed by atoms with van der Waals surface area (Å²) in [4.78, 5) is 9.06. The average Bonchev–Trinajstić information content (AvgIpc) is 3.59. The van der Waals surface area contributed by atoms with Crippen molar-refractivity contribution < 1.29 is 32.7 Å². The fourth-order valence-electron chi connectivity index (χ4n) is 6.28. The molecule has 3 aromatic heterocycles. The molecule has 0 unspecified atom stereocenters. The summed E-state index contributed by atoms with van der Waals surface area (Å²) in [6, 6.07) is 47.1. The van der Waals surface area contributed by atoms with Crippen molar-refractivity contribution in [1.29, 1.82) is 0 Å². The summed E-state index contributed by atoms with van der Waals surface area (Å²) >= 11 is 0. The van der Waals surface area contributed by atoms with Gasteiger partial charge >= 0.3 is 0 Å². The summed E-state index contributed by atoms with van der Waals surface area (Å²) in [6.45, 7) is 7.69. The van der Waals surface area contributed by atoms with E-state index in [2.05, 4.69) is 66.0 Å². The van der Waals surface area contributed by atoms with E-state index in [1.165, 1.54) is 6.20 Å². The summed E-state index contributed by atoms with van der Waals surface area (Å²) in [7, 11) is -1.76. The Bertz CT molecular complexity index is 2710. The van der Waals surface area contributed by atoms with Crippen molar-refractivity contribution in [2.45, 2.75) is 52.6 Å². The SMILES string of the molecule is [2H]C([2H])([2H])c1cnc(-c2[c-]ccc3c2oc2cc(-c4ccccc4)ccc23)cc1C([2H])(C)C.[2H]C([2H])(c1ccccc1)c1cc(-c2[c-]cccc2)ncc1[Si](C)(C)C.[Ir]. The van der Waals surface area contributed by atoms with E-state index >= 15 is 0 Å². The van der Waals surface area contributed by atoms with Crippen molar-refractivity contribution in [3.05, 3.63) is 174 Å². The van der Waals surface area contributed by atoms with E-state index in [1.807, 2.05) is 103 Å². The molecule has 5 heteroatoms. The monoisotopic (exact) mass is 891 g/mol. The second-order valence-corrected chi connectivity index (χ2v) is 19.1. The van der Waals surface area contributed by atoms with E-state index in [0.717, 1.165) is 49.5 Å². The molecule has 5 aromatic carbocycles. The molecular weight excluding hydrogens is 841 g/mol. The first-order valence-corrected chi connectivity index (χ1v) is 20.9. The Morgan fingerprint density at radius 3 is 2.19 bits per heavy atom. The zero-order valence-corrected chi connectivity index (χ0v) is 33.8. The smallest absolute Gasteiger partial charge is 0.121 e. The van der Waals surface area contributed by atoms with Crippen LogP contribution in [-0.4, -0.2) is 18.0 Å². The second-order valence-electron chi connectivity index (χ2n) is 14.0. The molecule has 0 aliphatic rings. The van der Waals surface area contributed by atoms with Crippen molar-refractivity contribution in [2.75, 3.05) is 0 Å². The number of rotatable bonds is 7. The molecule has 0 saturated heterocycles. The number of benzene rings is 5. The molecule has 3 heterocycles. The molecule has 0 bridgehead atoms. The van der Waals surface area contributed by atoms with Crippen molar-refractivity contribution in [1.82, 2.24) is 9.97 Å². The van der Waals surface area contributed by atoms with Gasteiger partial charge in [0.2, 0.25) is 0 Å². The van der Waals surface area contributed by atoms with Crippen LogP contribution in [0.15, 0.2) is 144 Å². The summed E-state index contributed by atoms with van der Waals surface area (Å²) in [6.07, 6.45) is 1.67. The topological polar surface area (TPSA) is 38.9 Å². The molecule has 3 nitrogen and oxygen atoms in total. The quantitative estimate of drug-likeness (QED) is 0.118. The van der Waals surface area contributed by atoms with Crippen molar-refractivity contribution in [3.8, 4) is 33.6 Å². The van der Waals surface area contributed by atoms with E-state index in [0.29, 0.717) is 28.0 Å². The third-order valence-corrected chi connectivity index (χ3v) is 11.0. The fraction of sp³-hybridized carbons (Fsp3) is 0.167. The van der Waals surface area contributed by atoms with Crippen LogP contribution >= 0.6 is 0 Å². The molecule has 0 spiro atoms. The Balaban J connectivity index is 0.000000203. The zero-order chi connectivity index (χ0) is 41.5. The van der Waals surface area contributed by atoms with Gasteiger partial charge in [-0.05, 0) is 69.6 Å². The molecule has 0 aliphatic carbocycles. The maximum absolute atomic E-state index is 8.84. The molecular formula is C48H44IrN2OSi-2. The number of nitrogens with zero attached hydrogens (tertiary/aromatic N) is 2. The van der Waals surface area contributed by atoms with Crippen LogP contribution in [0.1, 0.15) is 50.2 Å². The Hall–Kier alpha value is -4.93. The number of aryl methyl sites for hydroxylation is 1. The number of hydrogen-bond acceptors (Lipinski definition) is 3. The van der Waals surface area contributed by atoms with Crippen LogP contribution in [-0.2, 0) is 26.5 Å². The molecule has 0 N–H and O–H groups in total. The molecule has 1 radical (unpaired) electrons. The van der Waals surface area contributed by atoms with Crippen molar-refractivity contribution in [2.24, 2.45) is 0 Å². The van der Waals surface area contributed by atoms with Crippen LogP contribution in [0.3, 0.4) is 0 Å². The molecule has 53 heavy (non-hydrogen) atoms. The van der Waals surface area contributed by atoms with E-state index in [1.54, 1.807) is 19.9 Å². The van der Waals surface area contributed by atoms with Gasteiger partial charge in [-0.15, -0.1) is 54.1 Å². The van der Waals surface area contributed by atoms with Gasteiger partial charge in [0.05, 0.1) is 13.7 Å². The Morgan fingerprint density at radius 1 is 0.755 bits per heavy atom. The first kappa shape index (κ1) is 30.5. The fourth-order valence-corrected chi connectivity index (χ4v) is 7.68. The predicted molar refractivity (Wildman–Crippen MR) is 221 cm³/mol. The maximum Gasteiger partial charge on any atom is 0.121 e. The van der Waals surface area contributed by atoms with Gasteiger partial charge in [0.25, 0.3) is 0 Å². The summed E-state index contributed by atoms with van der Waals surface area (Å²) in [5, 5.41) is 2.98. The van der Waals surface area contributed by atoms with Crippen LogP contribution in [0.4, 0.5) is 0 Å². The van der Waals surface area contributed by atoms with E-state index in [4.69, 9.17) is 12.6 Å². The van der Waals surface area contributed by atoms with Gasteiger partial charge < -0.3 is 14.4 Å². The minimum atomic E-state index is -2.35. The first-order valence-electron chi connectivity index (χ1n) is 20.4. The average molecular weight is 891 g/mol. The van der Waals surface area contributed by atoms with Gasteiger partial charge in [0.1, 0.15) is 5.58 Å². The second kappa shape index (κ2) is 16.4. The number of hydrogen-bond donors (Lipinski definition) is 0. The van der Waals surface area contributed by atoms with Gasteiger partial charge in [0, 0.05) is 46.1 Å². The van der Waals surface area contributed by atoms with Gasteiger partial charge in [-0.25, -0.2) is 0 Å². The molecule has 0 amide bonds. The third kappa shape index (κ3) is 8.50. The number of aromatic nitrogens is 2. The summed E-state index contributed by atoms with van der Waals surface area (Å²) in [5.74, 6) is -1.10. The third-order valence-electron chi connectivity index (χ3n) is 8.99. The van der Waals surface area contributed by atoms with Gasteiger partial charge in [-0.2, -0.15) is 0 Å². The van der Waals surface area contributed by atoms with Gasteiger partial charge in [-0.1, -0.05) is 135 Å². The Labute approximate surface area is 337 Å². The summed E-state index contributed by atoms with van der Waals surface area (Å²) in [5.41, 5.74) is 8.29. The maximum atomic E-state index is 8.84. The van der Waals surface area contributed by atoms with E-state index in [9.17, 15) is 0 Å². The van der Waals surface area contributed by atoms with Crippen LogP contribution in [0.5, 0.6) is 0 Å². The molecule has 0 fully saturated rings. The molecule has 8 rings (SSSR count). The van der Waals surface area contributed by atoms with E-state index in [-0.39, 0.29) is 25.7 Å². The summed E-state index contributed by atoms with van der Waals surface area (Å²) < 4.78 is 56.0. The van der Waals surface area contributed by atoms with Gasteiger partial charge in [0.15, 0.2) is 0 Å². The number of fused-ring (bicyclic) bond motifs is 3. The molecule has 267 valence electrons. The standard InChI is InChI=1S/C27H22NO.C21H22NSi.Ir/c1-17(2)24-15-25(28-16-18(24)3)23-11-7-10-22-21-13-12-20(14-26(21)29-27(22)23)19-8-5-4-6-9-19;1-23(2,3)21-16-22-20(18-12-8-5-9-13-18)15-19(21)14-17-10-6-4-7-11-17;/h4-10,12-17H,1-3H3;4-12,15-16H,14H2,1-3H3;/q2*-1;/i3D3,17D;14D2;. The van der Waals surface area contributed by atoms with Crippen LogP contribution < -0.4 is 5.19 Å². The first-order chi connectivity index (χ1) is 27.4. The molecule has 0 saturated carbocycles. The molecule has 8 aromatic rings. The zero-order valence-electron chi connectivity index (χ0n) is 36.4. The largest absolute Gasteiger partial charge is 0.501 e. The normalized spacial score (nSPS) is 13.7. The minimum absolute atomic E-state index is 0. The van der Waals surface area contributed by atoms with Gasteiger partial charge in [-0.3, -0.25) is 0 Å². The Morgan fingerprint density at radius 2 is 1.49 bits per heavy atom. The minimum Gasteiger partial charge on any atom is -0.501 e. The van der Waals surface area contributed by atoms with Crippen LogP contribution in [0.25, 0.3) is 55.6 Å². The van der Waals surface area contributed by atoms with Crippen LogP contribution in [0.2, 0.25) is 19.6 Å². The Kier molecular flexibility index (Phi) is 9.44. The van der Waals surface area contributed by atoms with Crippen LogP contribution in [0, 0.1) is 19.0 Å². The number of furan rings is 1. The molecule has 0 atom stereocenters. The molecule has 0 aliphatic heterocycles. The van der Waals surface area contributed by atoms with Crippen molar-refractivity contribution >= 4 is 35.2 Å². The predicted octanol–water partition coefficient (Wildman–Crippen LogP) is 12.2. The van der Waals surface area contributed by atoms with Crippen molar-refractivity contribution in [3.63, 3.8) is 0 Å². The number of pyridine rings is 2. The van der Waals surface area contributed by atoms with E-state index < -0.39 is 27.2 Å².